The summed E-state index contributed by atoms with van der Waals surface area (Å²) in [7, 11) is -7.09. The van der Waals surface area contributed by atoms with Crippen LogP contribution in [0.2, 0.25) is 5.02 Å². The Hall–Kier alpha value is -5.35. The number of sulfonamides is 2. The third-order valence-electron chi connectivity index (χ3n) is 11.9. The normalized spacial score (nSPS) is 15.0. The van der Waals surface area contributed by atoms with Crippen molar-refractivity contribution in [2.24, 2.45) is 0 Å². The summed E-state index contributed by atoms with van der Waals surface area (Å²) in [6, 6.07) is 42.1. The molecule has 11 nitrogen and oxygen atoms in total. The first kappa shape index (κ1) is 51.0. The summed E-state index contributed by atoms with van der Waals surface area (Å²) in [5, 5.41) is 0.374. The molecule has 0 N–H and O–H groups in total. The molecule has 0 radical (unpaired) electrons. The number of hydrogen-bond acceptors (Lipinski definition) is 8. The van der Waals surface area contributed by atoms with Gasteiger partial charge in [0, 0.05) is 56.2 Å². The highest BCUT2D eigenvalue weighted by molar-refractivity contribution is 7.89. The Morgan fingerprint density at radius 3 is 1.40 bits per heavy atom. The number of benzene rings is 4. The average Bonchev–Trinajstić information content (AvgIpc) is 3.38. The summed E-state index contributed by atoms with van der Waals surface area (Å²) in [4.78, 5) is 27.5. The van der Waals surface area contributed by atoms with E-state index in [9.17, 15) is 21.6 Å². The minimum absolute atomic E-state index is 0.0755. The second kappa shape index (κ2) is 24.1. The first-order valence-corrected chi connectivity index (χ1v) is 26.6. The molecule has 15 heteroatoms. The van der Waals surface area contributed by atoms with E-state index in [1.165, 1.54) is 4.31 Å². The van der Waals surface area contributed by atoms with E-state index in [2.05, 4.69) is 21.8 Å². The largest absolute Gasteiger partial charge is 0.314 e. The fourth-order valence-corrected chi connectivity index (χ4v) is 11.7. The average molecular weight is 980 g/mol. The van der Waals surface area contributed by atoms with Crippen molar-refractivity contribution in [1.29, 1.82) is 0 Å². The van der Waals surface area contributed by atoms with E-state index in [1.54, 1.807) is 82.3 Å². The number of aromatic nitrogens is 2. The predicted molar refractivity (Wildman–Crippen MR) is 274 cm³/mol. The van der Waals surface area contributed by atoms with E-state index in [4.69, 9.17) is 23.8 Å². The van der Waals surface area contributed by atoms with Crippen LogP contribution in [-0.2, 0) is 32.9 Å². The molecule has 0 spiro atoms. The highest BCUT2D eigenvalue weighted by atomic mass is 35.5. The zero-order valence-corrected chi connectivity index (χ0v) is 41.7. The summed E-state index contributed by atoms with van der Waals surface area (Å²) in [5.74, 6) is 1.08. The number of carbonyl (C=O) groups is 1. The fraction of sp³-hybridized carbons (Fsp3) is 0.308. The smallest absolute Gasteiger partial charge is 0.261 e. The van der Waals surface area contributed by atoms with Crippen molar-refractivity contribution in [2.75, 3.05) is 36.0 Å². The third-order valence-corrected chi connectivity index (χ3v) is 16.5. The number of anilines is 2. The maximum absolute atomic E-state index is 13.5. The van der Waals surface area contributed by atoms with Gasteiger partial charge in [-0.05, 0) is 110 Å². The molecule has 1 amide bonds. The van der Waals surface area contributed by atoms with Gasteiger partial charge >= 0.3 is 0 Å². The van der Waals surface area contributed by atoms with Gasteiger partial charge in [0.2, 0.25) is 20.0 Å². The second-order valence-electron chi connectivity index (χ2n) is 15.8. The molecule has 0 unspecified atom stereocenters. The zero-order chi connectivity index (χ0) is 48.0. The van der Waals surface area contributed by atoms with Gasteiger partial charge < -0.3 is 4.90 Å². The highest BCUT2D eigenvalue weighted by Gasteiger charge is 2.36. The van der Waals surface area contributed by atoms with Crippen LogP contribution in [0.3, 0.4) is 0 Å². The molecular weight excluding hydrogens is 920 g/mol. The molecule has 2 aromatic heterocycles. The number of amides is 1. The van der Waals surface area contributed by atoms with Crippen LogP contribution in [0.15, 0.2) is 162 Å². The van der Waals surface area contributed by atoms with Crippen LogP contribution in [0.25, 0.3) is 0 Å². The first-order chi connectivity index (χ1) is 32.4. The molecule has 67 heavy (non-hydrogen) atoms. The molecule has 0 atom stereocenters. The first-order valence-electron chi connectivity index (χ1n) is 22.9. The third kappa shape index (κ3) is 12.4. The molecule has 0 aliphatic carbocycles. The van der Waals surface area contributed by atoms with E-state index in [-0.39, 0.29) is 18.0 Å². The number of nitrogens with zero attached hydrogens (tertiary/aromatic N) is 6. The number of halogens is 1. The minimum atomic E-state index is -3.59. The lowest BCUT2D eigenvalue weighted by molar-refractivity contribution is 0.0967. The molecule has 6 aromatic rings. The van der Waals surface area contributed by atoms with E-state index in [0.717, 1.165) is 35.3 Å². The number of pyridine rings is 2. The minimum Gasteiger partial charge on any atom is -0.314 e. The molecule has 0 bridgehead atoms. The standard InChI is InChI=1S/C25H26ClN3O3S.C25H27N3O2S2.C2H6/c1-2-19-10-12-21(13-11-19)33(31,32)28-17-14-20(15-18-28)29(24-9-5-6-16-27-24)25(30)22-7-3-4-8-23(22)26;1-2-20-11-13-23(14-12-20)32(29,30)27-18-15-22(16-19-27)28(24-10-6-7-17-26-24)25(31)21-8-4-3-5-9-21;1-2/h3-13,16,20H,2,14-15,17-18H2,1H3;3-14,17,22H,2,15-16,18-19H2,1H3;1-2H3. The molecular formula is C52H59ClN6O5S3. The van der Waals surface area contributed by atoms with Crippen molar-refractivity contribution < 1.29 is 21.6 Å². The van der Waals surface area contributed by atoms with Crippen LogP contribution < -0.4 is 9.80 Å². The maximum Gasteiger partial charge on any atom is 0.261 e. The topological polar surface area (TPSA) is 124 Å². The molecule has 352 valence electrons. The van der Waals surface area contributed by atoms with Crippen LogP contribution in [-0.4, -0.2) is 84.6 Å². The summed E-state index contributed by atoms with van der Waals surface area (Å²) in [6.45, 7) is 9.63. The van der Waals surface area contributed by atoms with Gasteiger partial charge in [-0.1, -0.05) is 130 Å². The molecule has 4 aromatic carbocycles. The summed E-state index contributed by atoms with van der Waals surface area (Å²) in [6.07, 6.45) is 7.49. The number of carbonyl (C=O) groups excluding carboxylic acids is 1. The lowest BCUT2D eigenvalue weighted by Crippen LogP contribution is -2.49. The van der Waals surface area contributed by atoms with Crippen LogP contribution in [0, 0.1) is 0 Å². The van der Waals surface area contributed by atoms with Crippen molar-refractivity contribution in [3.8, 4) is 0 Å². The molecule has 2 fully saturated rings. The molecule has 0 saturated carbocycles. The number of piperidine rings is 2. The van der Waals surface area contributed by atoms with Crippen LogP contribution in [0.4, 0.5) is 11.6 Å². The summed E-state index contributed by atoms with van der Waals surface area (Å²) in [5.41, 5.74) is 3.58. The molecule has 2 aliphatic heterocycles. The maximum atomic E-state index is 13.5. The van der Waals surface area contributed by atoms with Gasteiger partial charge in [0.15, 0.2) is 0 Å². The van der Waals surface area contributed by atoms with Gasteiger partial charge in [0.1, 0.15) is 16.6 Å². The summed E-state index contributed by atoms with van der Waals surface area (Å²) >= 11 is 12.2. The van der Waals surface area contributed by atoms with Gasteiger partial charge in [-0.15, -0.1) is 0 Å². The highest BCUT2D eigenvalue weighted by Crippen LogP contribution is 2.31. The monoisotopic (exact) mass is 978 g/mol. The molecule has 2 saturated heterocycles. The van der Waals surface area contributed by atoms with Gasteiger partial charge in [-0.25, -0.2) is 26.8 Å². The number of hydrogen-bond donors (Lipinski definition) is 0. The number of aryl methyl sites for hydroxylation is 2. The predicted octanol–water partition coefficient (Wildman–Crippen LogP) is 10.5. The van der Waals surface area contributed by atoms with Gasteiger partial charge in [0.05, 0.1) is 20.4 Å². The van der Waals surface area contributed by atoms with Crippen LogP contribution >= 0.6 is 23.8 Å². The van der Waals surface area contributed by atoms with Gasteiger partial charge in [-0.3, -0.25) is 9.69 Å². The van der Waals surface area contributed by atoms with Crippen molar-refractivity contribution in [3.63, 3.8) is 0 Å². The molecule has 4 heterocycles. The fourth-order valence-electron chi connectivity index (χ4n) is 8.16. The summed E-state index contributed by atoms with van der Waals surface area (Å²) < 4.78 is 55.7. The van der Waals surface area contributed by atoms with E-state index >= 15 is 0 Å². The van der Waals surface area contributed by atoms with Crippen LogP contribution in [0.5, 0.6) is 0 Å². The molecule has 2 aliphatic rings. The van der Waals surface area contributed by atoms with Gasteiger partial charge in [-0.2, -0.15) is 8.61 Å². The quantitative estimate of drug-likeness (QED) is 0.110. The van der Waals surface area contributed by atoms with Gasteiger partial charge in [0.25, 0.3) is 5.91 Å². The van der Waals surface area contributed by atoms with E-state index in [1.807, 2.05) is 99.6 Å². The Bertz CT molecular complexity index is 2740. The van der Waals surface area contributed by atoms with E-state index < -0.39 is 20.0 Å². The van der Waals surface area contributed by atoms with Crippen molar-refractivity contribution in [2.45, 2.75) is 88.1 Å². The van der Waals surface area contributed by atoms with Crippen LogP contribution in [0.1, 0.15) is 80.4 Å². The Balaban J connectivity index is 0.000000213. The van der Waals surface area contributed by atoms with Crippen molar-refractivity contribution in [3.05, 3.63) is 179 Å². The Morgan fingerprint density at radius 2 is 0.985 bits per heavy atom. The SMILES string of the molecule is CC.CCc1ccc(S(=O)(=O)N2CCC(N(C(=O)c3ccccc3Cl)c3ccccn3)CC2)cc1.CCc1ccc(S(=O)(=O)N2CCC(N(C(=S)c3ccccc3)c3ccccn3)CC2)cc1. The Labute approximate surface area is 407 Å². The number of thiocarbonyl (C=S) groups is 1. The van der Waals surface area contributed by atoms with E-state index in [0.29, 0.717) is 83.0 Å². The second-order valence-corrected chi connectivity index (χ2v) is 20.5. The molecule has 8 rings (SSSR count). The Kier molecular flexibility index (Phi) is 18.4. The zero-order valence-electron chi connectivity index (χ0n) is 38.5. The van der Waals surface area contributed by atoms with Crippen molar-refractivity contribution >= 4 is 66.4 Å². The van der Waals surface area contributed by atoms with Crippen molar-refractivity contribution in [1.82, 2.24) is 18.6 Å². The Morgan fingerprint density at radius 1 is 0.582 bits per heavy atom. The lowest BCUT2D eigenvalue weighted by Gasteiger charge is -2.38. The lowest BCUT2D eigenvalue weighted by atomic mass is 10.0. The number of rotatable bonds is 12.